The minimum Gasteiger partial charge on any atom is -0.392 e. The Bertz CT molecular complexity index is 551. The van der Waals surface area contributed by atoms with Crippen LogP contribution in [-0.2, 0) is 19.4 Å². The Morgan fingerprint density at radius 1 is 1.28 bits per heavy atom. The highest BCUT2D eigenvalue weighted by molar-refractivity contribution is 5.36. The van der Waals surface area contributed by atoms with Crippen molar-refractivity contribution in [2.24, 2.45) is 0 Å². The summed E-state index contributed by atoms with van der Waals surface area (Å²) < 4.78 is 15.5. The summed E-state index contributed by atoms with van der Waals surface area (Å²) in [6.45, 7) is 3.75. The lowest BCUT2D eigenvalue weighted by Gasteiger charge is -2.06. The first-order chi connectivity index (χ1) is 8.69. The molecule has 18 heavy (non-hydrogen) atoms. The summed E-state index contributed by atoms with van der Waals surface area (Å²) in [6.07, 6.45) is 1.41. The Labute approximate surface area is 105 Å². The zero-order valence-electron chi connectivity index (χ0n) is 10.5. The molecular formula is C13H16FN3O. The Kier molecular flexibility index (Phi) is 3.72. The standard InChI is InChI=1S/C13H16FN3O/c1-3-12-15-13(4-2)17(16-12)11-6-5-9(8-18)7-10(11)14/h5-7,18H,3-4,8H2,1-2H3. The largest absolute Gasteiger partial charge is 0.392 e. The summed E-state index contributed by atoms with van der Waals surface area (Å²) >= 11 is 0. The molecule has 1 aromatic heterocycles. The van der Waals surface area contributed by atoms with Gasteiger partial charge >= 0.3 is 0 Å². The molecule has 0 amide bonds. The fourth-order valence-electron chi connectivity index (χ4n) is 1.78. The van der Waals surface area contributed by atoms with Crippen LogP contribution in [0.4, 0.5) is 4.39 Å². The monoisotopic (exact) mass is 249 g/mol. The topological polar surface area (TPSA) is 50.9 Å². The lowest BCUT2D eigenvalue weighted by atomic mass is 10.2. The fraction of sp³-hybridized carbons (Fsp3) is 0.385. The zero-order chi connectivity index (χ0) is 13.1. The molecule has 0 aliphatic rings. The van der Waals surface area contributed by atoms with E-state index >= 15 is 0 Å². The van der Waals surface area contributed by atoms with E-state index in [0.29, 0.717) is 23.5 Å². The van der Waals surface area contributed by atoms with E-state index in [0.717, 1.165) is 12.2 Å². The molecule has 0 unspecified atom stereocenters. The molecule has 96 valence electrons. The molecule has 0 saturated heterocycles. The highest BCUT2D eigenvalue weighted by Gasteiger charge is 2.13. The predicted molar refractivity (Wildman–Crippen MR) is 66.0 cm³/mol. The van der Waals surface area contributed by atoms with Gasteiger partial charge in [0.1, 0.15) is 17.3 Å². The fourth-order valence-corrected chi connectivity index (χ4v) is 1.78. The lowest BCUT2D eigenvalue weighted by molar-refractivity contribution is 0.281. The van der Waals surface area contributed by atoms with Gasteiger partial charge in [0.2, 0.25) is 0 Å². The van der Waals surface area contributed by atoms with Gasteiger partial charge in [0, 0.05) is 12.8 Å². The molecule has 1 N–H and O–H groups in total. The van der Waals surface area contributed by atoms with Crippen LogP contribution in [0.1, 0.15) is 31.1 Å². The Morgan fingerprint density at radius 3 is 2.61 bits per heavy atom. The first-order valence-electron chi connectivity index (χ1n) is 6.04. The van der Waals surface area contributed by atoms with Crippen molar-refractivity contribution in [1.29, 1.82) is 0 Å². The first-order valence-corrected chi connectivity index (χ1v) is 6.04. The number of nitrogens with zero attached hydrogens (tertiary/aromatic N) is 3. The molecule has 0 aliphatic heterocycles. The van der Waals surface area contributed by atoms with Gasteiger partial charge in [-0.2, -0.15) is 5.10 Å². The molecule has 2 rings (SSSR count). The molecule has 0 fully saturated rings. The van der Waals surface area contributed by atoms with E-state index < -0.39 is 5.82 Å². The second-order valence-electron chi connectivity index (χ2n) is 4.01. The highest BCUT2D eigenvalue weighted by atomic mass is 19.1. The van der Waals surface area contributed by atoms with Crippen LogP contribution in [0.5, 0.6) is 0 Å². The summed E-state index contributed by atoms with van der Waals surface area (Å²) in [7, 11) is 0. The van der Waals surface area contributed by atoms with Crippen molar-refractivity contribution in [3.63, 3.8) is 0 Å². The number of benzene rings is 1. The minimum atomic E-state index is -0.399. The maximum Gasteiger partial charge on any atom is 0.151 e. The van der Waals surface area contributed by atoms with Crippen molar-refractivity contribution in [2.45, 2.75) is 33.3 Å². The van der Waals surface area contributed by atoms with E-state index in [9.17, 15) is 4.39 Å². The summed E-state index contributed by atoms with van der Waals surface area (Å²) in [6, 6.07) is 4.63. The van der Waals surface area contributed by atoms with E-state index in [1.165, 1.54) is 10.7 Å². The number of halogens is 1. The van der Waals surface area contributed by atoms with Crippen molar-refractivity contribution in [3.05, 3.63) is 41.2 Å². The average molecular weight is 249 g/mol. The quantitative estimate of drug-likeness (QED) is 0.902. The molecule has 1 heterocycles. The van der Waals surface area contributed by atoms with Gasteiger partial charge in [0.05, 0.1) is 6.61 Å². The molecule has 0 bridgehead atoms. The lowest BCUT2D eigenvalue weighted by Crippen LogP contribution is -2.05. The number of hydrogen-bond donors (Lipinski definition) is 1. The number of hydrogen-bond acceptors (Lipinski definition) is 3. The minimum absolute atomic E-state index is 0.171. The smallest absolute Gasteiger partial charge is 0.151 e. The van der Waals surface area contributed by atoms with Gasteiger partial charge < -0.3 is 5.11 Å². The van der Waals surface area contributed by atoms with Gasteiger partial charge in [-0.1, -0.05) is 19.9 Å². The number of rotatable bonds is 4. The number of aromatic nitrogens is 3. The SMILES string of the molecule is CCc1nc(CC)n(-c2ccc(CO)cc2F)n1. The van der Waals surface area contributed by atoms with Crippen molar-refractivity contribution in [3.8, 4) is 5.69 Å². The zero-order valence-corrected chi connectivity index (χ0v) is 10.5. The van der Waals surface area contributed by atoms with Crippen molar-refractivity contribution < 1.29 is 9.50 Å². The number of aliphatic hydroxyl groups is 1. The van der Waals surface area contributed by atoms with Crippen LogP contribution in [0.25, 0.3) is 5.69 Å². The summed E-state index contributed by atoms with van der Waals surface area (Å²) in [5.74, 6) is 1.05. The van der Waals surface area contributed by atoms with Crippen molar-refractivity contribution in [1.82, 2.24) is 14.8 Å². The molecule has 0 atom stereocenters. The maximum atomic E-state index is 14.0. The van der Waals surface area contributed by atoms with Gasteiger partial charge in [0.25, 0.3) is 0 Å². The molecule has 2 aromatic rings. The Morgan fingerprint density at radius 2 is 2.06 bits per heavy atom. The number of aryl methyl sites for hydroxylation is 2. The Hall–Kier alpha value is -1.75. The van der Waals surface area contributed by atoms with Gasteiger partial charge in [0.15, 0.2) is 5.82 Å². The van der Waals surface area contributed by atoms with Gasteiger partial charge in [-0.05, 0) is 17.7 Å². The summed E-state index contributed by atoms with van der Waals surface area (Å²) in [4.78, 5) is 4.34. The third kappa shape index (κ3) is 2.26. The predicted octanol–water partition coefficient (Wildman–Crippen LogP) is 2.02. The van der Waals surface area contributed by atoms with E-state index in [2.05, 4.69) is 10.1 Å². The van der Waals surface area contributed by atoms with Gasteiger partial charge in [-0.3, -0.25) is 0 Å². The average Bonchev–Trinajstić information content (AvgIpc) is 2.81. The van der Waals surface area contributed by atoms with Crippen LogP contribution in [0.15, 0.2) is 18.2 Å². The van der Waals surface area contributed by atoms with Crippen LogP contribution >= 0.6 is 0 Å². The second kappa shape index (κ2) is 5.27. The van der Waals surface area contributed by atoms with Crippen LogP contribution < -0.4 is 0 Å². The molecule has 5 heteroatoms. The van der Waals surface area contributed by atoms with Crippen molar-refractivity contribution >= 4 is 0 Å². The van der Waals surface area contributed by atoms with Crippen LogP contribution in [-0.4, -0.2) is 19.9 Å². The van der Waals surface area contributed by atoms with Gasteiger partial charge in [-0.25, -0.2) is 14.1 Å². The summed E-state index contributed by atoms with van der Waals surface area (Å²) in [5, 5.41) is 13.3. The molecular weight excluding hydrogens is 233 g/mol. The van der Waals surface area contributed by atoms with Gasteiger partial charge in [-0.15, -0.1) is 0 Å². The maximum absolute atomic E-state index is 14.0. The molecule has 4 nitrogen and oxygen atoms in total. The number of aliphatic hydroxyl groups excluding tert-OH is 1. The highest BCUT2D eigenvalue weighted by Crippen LogP contribution is 2.17. The molecule has 0 spiro atoms. The molecule has 1 aromatic carbocycles. The second-order valence-corrected chi connectivity index (χ2v) is 4.01. The van der Waals surface area contributed by atoms with Crippen LogP contribution in [0, 0.1) is 5.82 Å². The molecule has 0 saturated carbocycles. The molecule has 0 radical (unpaired) electrons. The van der Waals surface area contributed by atoms with Crippen LogP contribution in [0.3, 0.4) is 0 Å². The molecule has 0 aliphatic carbocycles. The first kappa shape index (κ1) is 12.7. The van der Waals surface area contributed by atoms with E-state index in [4.69, 9.17) is 5.11 Å². The van der Waals surface area contributed by atoms with Crippen LogP contribution in [0.2, 0.25) is 0 Å². The third-order valence-electron chi connectivity index (χ3n) is 2.77. The van der Waals surface area contributed by atoms with E-state index in [1.807, 2.05) is 13.8 Å². The van der Waals surface area contributed by atoms with Crippen molar-refractivity contribution in [2.75, 3.05) is 0 Å². The normalized spacial score (nSPS) is 10.9. The van der Waals surface area contributed by atoms with E-state index in [-0.39, 0.29) is 6.61 Å². The Balaban J connectivity index is 2.50. The summed E-state index contributed by atoms with van der Waals surface area (Å²) in [5.41, 5.74) is 0.918. The van der Waals surface area contributed by atoms with E-state index in [1.54, 1.807) is 12.1 Å². The third-order valence-corrected chi connectivity index (χ3v) is 2.77.